The number of thiazole rings is 1. The van der Waals surface area contributed by atoms with Gasteiger partial charge in [-0.05, 0) is 22.3 Å². The number of aliphatic carboxylic acids is 1. The summed E-state index contributed by atoms with van der Waals surface area (Å²) < 4.78 is 39.2. The minimum Gasteiger partial charge on any atom is -1.00 e. The molecule has 0 aliphatic carbocycles. The van der Waals surface area contributed by atoms with E-state index in [4.69, 9.17) is 9.82 Å². The summed E-state index contributed by atoms with van der Waals surface area (Å²) in [6.07, 6.45) is -1.76. The third-order valence-electron chi connectivity index (χ3n) is 9.23. The van der Waals surface area contributed by atoms with Crippen LogP contribution in [0.4, 0.5) is 18.3 Å². The summed E-state index contributed by atoms with van der Waals surface area (Å²) in [4.78, 5) is 51.4. The largest absolute Gasteiger partial charge is 1.00 e. The van der Waals surface area contributed by atoms with Crippen LogP contribution in [0.2, 0.25) is 0 Å². The van der Waals surface area contributed by atoms with Crippen LogP contribution in [0.5, 0.6) is 0 Å². The van der Waals surface area contributed by atoms with Crippen LogP contribution in [0.1, 0.15) is 22.4 Å². The summed E-state index contributed by atoms with van der Waals surface area (Å²) in [5, 5.41) is 22.0. The van der Waals surface area contributed by atoms with Crippen LogP contribution < -0.4 is 39.2 Å². The zero-order valence-electron chi connectivity index (χ0n) is 30.4. The molecule has 18 heteroatoms. The van der Waals surface area contributed by atoms with E-state index in [0.717, 1.165) is 26.2 Å². The van der Waals surface area contributed by atoms with Crippen molar-refractivity contribution in [3.63, 3.8) is 0 Å². The number of oxime groups is 1. The number of carbonyl (C=O) groups excluding carboxylic acids is 2. The lowest BCUT2D eigenvalue weighted by molar-refractivity contribution is -0.719. The van der Waals surface area contributed by atoms with Gasteiger partial charge in [0, 0.05) is 33.9 Å². The first-order chi connectivity index (χ1) is 27.5. The van der Waals surface area contributed by atoms with Gasteiger partial charge in [0.15, 0.2) is 23.2 Å². The number of aromatic nitrogens is 2. The number of thioether (sulfide) groups is 2. The predicted molar refractivity (Wildman–Crippen MR) is 212 cm³/mol. The number of rotatable bonds is 14. The number of nitrogens with zero attached hydrogens (tertiary/aromatic N) is 4. The zero-order chi connectivity index (χ0) is 40.2. The summed E-state index contributed by atoms with van der Waals surface area (Å²) >= 11 is 3.80. The van der Waals surface area contributed by atoms with Crippen LogP contribution in [0.15, 0.2) is 142 Å². The van der Waals surface area contributed by atoms with Crippen LogP contribution in [0.3, 0.4) is 0 Å². The Morgan fingerprint density at radius 2 is 1.53 bits per heavy atom. The second-order valence-corrected chi connectivity index (χ2v) is 15.9. The molecule has 3 aromatic carbocycles. The molecule has 2 aliphatic rings. The van der Waals surface area contributed by atoms with Crippen molar-refractivity contribution < 1.29 is 66.0 Å². The molecule has 0 unspecified atom stereocenters. The standard InChI is InChI=1S/C40H33F3N6O5S3.HI/c1-54-47-31(30-23-57-38(44-30)46-40(26-11-5-2-6-12-26,27-13-7-3-8-14-27)28-15-9-4-10-16-28)34(50)45-32-35(51)49-33(37(52)53)25(22-56-36(32)49)21-55-29-17-19-48(20-18-29)24-39(41,42)43;/h2-20,23,32,36H,21-22,24H2,1H3,(H2-,44,45,46,50,52,53);1H/b47-31-;/t32-,36-;/m1./s1. The minimum atomic E-state index is -4.36. The van der Waals surface area contributed by atoms with Crippen molar-refractivity contribution in [1.29, 1.82) is 0 Å². The molecule has 0 bridgehead atoms. The number of fused-ring (bicyclic) bond motifs is 1. The fraction of sp³-hybridized carbons (Fsp3) is 0.200. The Balaban J connectivity index is 0.00000567. The molecule has 11 nitrogen and oxygen atoms in total. The van der Waals surface area contributed by atoms with E-state index in [0.29, 0.717) is 15.6 Å². The number of benzene rings is 3. The van der Waals surface area contributed by atoms with Crippen molar-refractivity contribution in [3.8, 4) is 0 Å². The normalized spacial score (nSPS) is 16.8. The van der Waals surface area contributed by atoms with Gasteiger partial charge in [0.05, 0.1) is 0 Å². The van der Waals surface area contributed by atoms with Gasteiger partial charge in [-0.1, -0.05) is 96.2 Å². The van der Waals surface area contributed by atoms with E-state index in [-0.39, 0.29) is 52.6 Å². The van der Waals surface area contributed by atoms with Crippen molar-refractivity contribution >= 4 is 63.5 Å². The molecule has 1 fully saturated rings. The number of carboxylic acid groups (broad SMARTS) is 1. The summed E-state index contributed by atoms with van der Waals surface area (Å²) in [5.74, 6) is -2.20. The molecule has 300 valence electrons. The molecule has 2 aliphatic heterocycles. The highest BCUT2D eigenvalue weighted by Crippen LogP contribution is 2.43. The minimum absolute atomic E-state index is 0. The number of carboxylic acids is 1. The Bertz CT molecular complexity index is 2220. The van der Waals surface area contributed by atoms with Crippen LogP contribution in [0, 0.1) is 0 Å². The Kier molecular flexibility index (Phi) is 13.5. The highest BCUT2D eigenvalue weighted by molar-refractivity contribution is 8.01. The molecule has 7 rings (SSSR count). The van der Waals surface area contributed by atoms with Crippen LogP contribution in [-0.4, -0.2) is 74.7 Å². The smallest absolute Gasteiger partial charge is 0.448 e. The molecule has 0 saturated carbocycles. The zero-order valence-corrected chi connectivity index (χ0v) is 35.0. The first-order valence-corrected chi connectivity index (χ1v) is 20.3. The maximum absolute atomic E-state index is 13.8. The first-order valence-electron chi connectivity index (χ1n) is 17.4. The predicted octanol–water partition coefficient (Wildman–Crippen LogP) is 3.28. The maximum Gasteiger partial charge on any atom is 0.448 e. The van der Waals surface area contributed by atoms with Crippen LogP contribution >= 0.6 is 34.9 Å². The van der Waals surface area contributed by atoms with Gasteiger partial charge in [0.25, 0.3) is 11.8 Å². The number of hydrogen-bond acceptors (Lipinski definition) is 10. The molecular weight excluding hydrogens is 925 g/mol. The highest BCUT2D eigenvalue weighted by atomic mass is 127. The molecule has 3 N–H and O–H groups in total. The second kappa shape index (κ2) is 18.3. The van der Waals surface area contributed by atoms with Crippen molar-refractivity contribution in [2.24, 2.45) is 5.16 Å². The number of nitrogens with one attached hydrogen (secondary N) is 2. The van der Waals surface area contributed by atoms with Crippen molar-refractivity contribution in [2.75, 3.05) is 23.9 Å². The SMILES string of the molecule is CO/N=C(\C(=O)N[C@@H]1C(=O)N2C(C(=O)O)=C(CSc3cc[n+](CC(F)(F)F)cc3)CS[C@H]12)c1csc(NC(c2ccccc2)(c2ccccc2)c2ccccc2)n1.[I-]. The van der Waals surface area contributed by atoms with Crippen LogP contribution in [-0.2, 0) is 31.3 Å². The van der Waals surface area contributed by atoms with Gasteiger partial charge < -0.3 is 44.6 Å². The Hall–Kier alpha value is -4.92. The number of carbonyl (C=O) groups is 3. The number of halogens is 4. The summed E-state index contributed by atoms with van der Waals surface area (Å²) in [6.45, 7) is -1.13. The van der Waals surface area contributed by atoms with Crippen LogP contribution in [0.25, 0.3) is 0 Å². The molecule has 58 heavy (non-hydrogen) atoms. The monoisotopic (exact) mass is 958 g/mol. The lowest BCUT2D eigenvalue weighted by Gasteiger charge is -2.49. The van der Waals surface area contributed by atoms with E-state index in [1.165, 1.54) is 66.5 Å². The van der Waals surface area contributed by atoms with Gasteiger partial charge in [-0.2, -0.15) is 17.7 Å². The fourth-order valence-electron chi connectivity index (χ4n) is 6.70. The number of alkyl halides is 3. The molecule has 2 atom stereocenters. The Labute approximate surface area is 360 Å². The van der Waals surface area contributed by atoms with Crippen molar-refractivity contribution in [1.82, 2.24) is 15.2 Å². The van der Waals surface area contributed by atoms with E-state index in [9.17, 15) is 32.7 Å². The Morgan fingerprint density at radius 3 is 2.05 bits per heavy atom. The highest BCUT2D eigenvalue weighted by Gasteiger charge is 2.54. The third-order valence-corrected chi connectivity index (χ3v) is 12.4. The van der Waals surface area contributed by atoms with Gasteiger partial charge in [-0.15, -0.1) is 34.9 Å². The van der Waals surface area contributed by atoms with Gasteiger partial charge in [0.1, 0.15) is 35.5 Å². The number of amides is 2. The molecule has 5 aromatic rings. The van der Waals surface area contributed by atoms with Gasteiger partial charge in [0.2, 0.25) is 6.54 Å². The molecule has 1 saturated heterocycles. The number of β-lactam (4-membered cyclic amide) rings is 1. The average Bonchev–Trinajstić information content (AvgIpc) is 3.68. The molecule has 2 aromatic heterocycles. The molecular formula is C40H34F3IN6O5S3. The van der Waals surface area contributed by atoms with Crippen molar-refractivity contribution in [3.05, 3.63) is 155 Å². The first kappa shape index (κ1) is 42.7. The Morgan fingerprint density at radius 1 is 0.966 bits per heavy atom. The average molecular weight is 959 g/mol. The number of hydrogen-bond donors (Lipinski definition) is 3. The fourth-order valence-corrected chi connectivity index (χ4v) is 9.82. The lowest BCUT2D eigenvalue weighted by atomic mass is 9.77. The van der Waals surface area contributed by atoms with Gasteiger partial charge in [-0.25, -0.2) is 9.78 Å². The summed E-state index contributed by atoms with van der Waals surface area (Å²) in [6, 6.07) is 31.8. The number of pyridine rings is 1. The van der Waals surface area contributed by atoms with E-state index in [1.807, 2.05) is 91.0 Å². The van der Waals surface area contributed by atoms with E-state index in [1.54, 1.807) is 5.38 Å². The van der Waals surface area contributed by atoms with E-state index < -0.39 is 47.5 Å². The molecule has 2 amide bonds. The van der Waals surface area contributed by atoms with E-state index >= 15 is 0 Å². The molecule has 0 spiro atoms. The third kappa shape index (κ3) is 9.03. The van der Waals surface area contributed by atoms with Crippen molar-refractivity contribution in [2.45, 2.75) is 34.6 Å². The maximum atomic E-state index is 13.8. The lowest BCUT2D eigenvalue weighted by Crippen LogP contribution is -3.00. The summed E-state index contributed by atoms with van der Waals surface area (Å²) in [5.41, 5.74) is 2.29. The quantitative estimate of drug-likeness (QED) is 0.0292. The summed E-state index contributed by atoms with van der Waals surface area (Å²) in [7, 11) is 1.29. The number of anilines is 1. The second-order valence-electron chi connectivity index (χ2n) is 12.9. The topological polar surface area (TPSA) is 137 Å². The van der Waals surface area contributed by atoms with Gasteiger partial charge >= 0.3 is 12.1 Å². The molecule has 4 heterocycles. The van der Waals surface area contributed by atoms with Gasteiger partial charge in [-0.3, -0.25) is 14.5 Å². The van der Waals surface area contributed by atoms with E-state index in [2.05, 4.69) is 15.8 Å². The molecule has 0 radical (unpaired) electrons.